The van der Waals surface area contributed by atoms with Crippen molar-refractivity contribution in [1.82, 2.24) is 14.5 Å². The largest absolute Gasteiger partial charge is 0.505 e. The summed E-state index contributed by atoms with van der Waals surface area (Å²) in [6.07, 6.45) is 1.81. The van der Waals surface area contributed by atoms with E-state index in [9.17, 15) is 5.11 Å². The predicted octanol–water partition coefficient (Wildman–Crippen LogP) is 8.78. The Hall–Kier alpha value is -4.38. The van der Waals surface area contributed by atoms with Crippen LogP contribution in [0.4, 0.5) is 0 Å². The number of phenolic OH excluding ortho intramolecular Hbond substituents is 1. The molecule has 3 aromatic carbocycles. The van der Waals surface area contributed by atoms with Gasteiger partial charge in [0.05, 0.1) is 11.0 Å². The second kappa shape index (κ2) is 9.18. The SMILES string of the molecule is Cc1cccc2c1c1ccc(Oc3nc4c(O)c(C(C)C)ccc4cc3C(C)C)cc1n2-c1ccccn1. The van der Waals surface area contributed by atoms with E-state index in [2.05, 4.69) is 80.6 Å². The Morgan fingerprint density at radius 2 is 1.63 bits per heavy atom. The zero-order valence-corrected chi connectivity index (χ0v) is 22.4. The summed E-state index contributed by atoms with van der Waals surface area (Å²) in [5, 5.41) is 14.3. The Balaban J connectivity index is 1.55. The Bertz CT molecular complexity index is 1820. The predicted molar refractivity (Wildman–Crippen MR) is 155 cm³/mol. The van der Waals surface area contributed by atoms with Crippen LogP contribution in [0.1, 0.15) is 56.2 Å². The molecule has 0 fully saturated rings. The summed E-state index contributed by atoms with van der Waals surface area (Å²) in [7, 11) is 0. The summed E-state index contributed by atoms with van der Waals surface area (Å²) in [5.74, 6) is 2.66. The number of hydrogen-bond acceptors (Lipinski definition) is 4. The first-order chi connectivity index (χ1) is 18.3. The van der Waals surface area contributed by atoms with E-state index < -0.39 is 0 Å². The van der Waals surface area contributed by atoms with Crippen LogP contribution in [-0.2, 0) is 0 Å². The average molecular weight is 502 g/mol. The molecule has 0 saturated carbocycles. The number of nitrogens with zero attached hydrogens (tertiary/aromatic N) is 3. The van der Waals surface area contributed by atoms with Crippen LogP contribution in [0, 0.1) is 6.92 Å². The first-order valence-electron chi connectivity index (χ1n) is 13.1. The molecule has 0 saturated heterocycles. The molecule has 3 aromatic heterocycles. The van der Waals surface area contributed by atoms with Crippen molar-refractivity contribution in [1.29, 1.82) is 0 Å². The van der Waals surface area contributed by atoms with Gasteiger partial charge in [0.15, 0.2) is 0 Å². The fraction of sp³-hybridized carbons (Fsp3) is 0.212. The third kappa shape index (κ3) is 3.86. The molecule has 0 aliphatic rings. The van der Waals surface area contributed by atoms with Gasteiger partial charge in [0.25, 0.3) is 0 Å². The lowest BCUT2D eigenvalue weighted by Gasteiger charge is -2.16. The number of phenols is 1. The zero-order valence-electron chi connectivity index (χ0n) is 22.4. The van der Waals surface area contributed by atoms with Crippen molar-refractivity contribution in [2.24, 2.45) is 0 Å². The van der Waals surface area contributed by atoms with Crippen molar-refractivity contribution in [2.45, 2.75) is 46.5 Å². The maximum atomic E-state index is 11.0. The number of aromatic hydroxyl groups is 1. The van der Waals surface area contributed by atoms with Crippen LogP contribution in [-0.4, -0.2) is 19.6 Å². The van der Waals surface area contributed by atoms with Crippen LogP contribution in [0.25, 0.3) is 38.5 Å². The number of hydrogen-bond donors (Lipinski definition) is 1. The Labute approximate surface area is 222 Å². The maximum absolute atomic E-state index is 11.0. The molecule has 5 nitrogen and oxygen atoms in total. The normalized spacial score (nSPS) is 11.9. The van der Waals surface area contributed by atoms with Crippen LogP contribution < -0.4 is 4.74 Å². The van der Waals surface area contributed by atoms with Gasteiger partial charge < -0.3 is 9.84 Å². The third-order valence-electron chi connectivity index (χ3n) is 7.29. The molecule has 6 aromatic rings. The van der Waals surface area contributed by atoms with E-state index >= 15 is 0 Å². The number of fused-ring (bicyclic) bond motifs is 4. The molecule has 6 rings (SSSR count). The highest BCUT2D eigenvalue weighted by atomic mass is 16.5. The maximum Gasteiger partial charge on any atom is 0.223 e. The minimum atomic E-state index is 0.190. The number of pyridine rings is 2. The second-order valence-electron chi connectivity index (χ2n) is 10.5. The first kappa shape index (κ1) is 24.0. The molecule has 190 valence electrons. The van der Waals surface area contributed by atoms with Gasteiger partial charge in [0, 0.05) is 34.0 Å². The number of aromatic nitrogens is 3. The van der Waals surface area contributed by atoms with Gasteiger partial charge in [-0.3, -0.25) is 4.57 Å². The van der Waals surface area contributed by atoms with E-state index in [1.807, 2.05) is 42.6 Å². The average Bonchev–Trinajstić information content (AvgIpc) is 3.23. The van der Waals surface area contributed by atoms with E-state index in [0.717, 1.165) is 38.8 Å². The highest BCUT2D eigenvalue weighted by Crippen LogP contribution is 2.40. The van der Waals surface area contributed by atoms with Crippen LogP contribution in [0.2, 0.25) is 0 Å². The molecule has 38 heavy (non-hydrogen) atoms. The van der Waals surface area contributed by atoms with E-state index in [-0.39, 0.29) is 17.6 Å². The molecule has 3 heterocycles. The van der Waals surface area contributed by atoms with Gasteiger partial charge in [-0.25, -0.2) is 9.97 Å². The molecule has 0 radical (unpaired) electrons. The van der Waals surface area contributed by atoms with Gasteiger partial charge in [0.1, 0.15) is 22.8 Å². The Morgan fingerprint density at radius 3 is 2.37 bits per heavy atom. The summed E-state index contributed by atoms with van der Waals surface area (Å²) in [5.41, 5.74) is 5.77. The van der Waals surface area contributed by atoms with Gasteiger partial charge >= 0.3 is 0 Å². The standard InChI is InChI=1S/C33H31N3O2/c1-19(2)24-14-12-22-17-26(20(3)4)33(35-31(22)32(24)37)38-23-13-15-25-28(18-23)36(29-11-6-7-16-34-29)27-10-8-9-21(5)30(25)27/h6-20,37H,1-5H3. The van der Waals surface area contributed by atoms with E-state index in [1.165, 1.54) is 10.9 Å². The lowest BCUT2D eigenvalue weighted by Crippen LogP contribution is -2.00. The highest BCUT2D eigenvalue weighted by molar-refractivity contribution is 6.11. The molecular weight excluding hydrogens is 470 g/mol. The van der Waals surface area contributed by atoms with Crippen molar-refractivity contribution >= 4 is 32.7 Å². The first-order valence-corrected chi connectivity index (χ1v) is 13.1. The minimum Gasteiger partial charge on any atom is -0.505 e. The molecule has 1 N–H and O–H groups in total. The van der Waals surface area contributed by atoms with Gasteiger partial charge in [-0.1, -0.05) is 58.0 Å². The highest BCUT2D eigenvalue weighted by Gasteiger charge is 2.19. The minimum absolute atomic E-state index is 0.190. The van der Waals surface area contributed by atoms with Crippen LogP contribution in [0.5, 0.6) is 17.4 Å². The molecule has 0 aliphatic carbocycles. The topological polar surface area (TPSA) is 60.2 Å². The van der Waals surface area contributed by atoms with Gasteiger partial charge in [-0.2, -0.15) is 0 Å². The summed E-state index contributed by atoms with van der Waals surface area (Å²) in [6, 6.07) is 24.6. The molecular formula is C33H31N3O2. The van der Waals surface area contributed by atoms with Gasteiger partial charge in [0.2, 0.25) is 5.88 Å². The Kier molecular flexibility index (Phi) is 5.79. The van der Waals surface area contributed by atoms with Crippen molar-refractivity contribution in [3.05, 3.63) is 95.7 Å². The smallest absolute Gasteiger partial charge is 0.223 e. The lowest BCUT2D eigenvalue weighted by molar-refractivity contribution is 0.450. The van der Waals surface area contributed by atoms with Crippen molar-refractivity contribution in [2.75, 3.05) is 0 Å². The molecule has 0 bridgehead atoms. The molecule has 0 atom stereocenters. The van der Waals surface area contributed by atoms with Crippen LogP contribution >= 0.6 is 0 Å². The fourth-order valence-electron chi connectivity index (χ4n) is 5.34. The third-order valence-corrected chi connectivity index (χ3v) is 7.29. The Morgan fingerprint density at radius 1 is 0.816 bits per heavy atom. The fourth-order valence-corrected chi connectivity index (χ4v) is 5.34. The van der Waals surface area contributed by atoms with Crippen molar-refractivity contribution in [3.63, 3.8) is 0 Å². The van der Waals surface area contributed by atoms with E-state index in [4.69, 9.17) is 9.72 Å². The van der Waals surface area contributed by atoms with Crippen molar-refractivity contribution in [3.8, 4) is 23.2 Å². The number of rotatable bonds is 5. The van der Waals surface area contributed by atoms with Crippen LogP contribution in [0.15, 0.2) is 79.0 Å². The monoisotopic (exact) mass is 501 g/mol. The van der Waals surface area contributed by atoms with Crippen LogP contribution in [0.3, 0.4) is 0 Å². The second-order valence-corrected chi connectivity index (χ2v) is 10.5. The molecule has 0 amide bonds. The quantitative estimate of drug-likeness (QED) is 0.256. The summed E-state index contributed by atoms with van der Waals surface area (Å²) >= 11 is 0. The summed E-state index contributed by atoms with van der Waals surface area (Å²) in [6.45, 7) is 10.5. The molecule has 0 spiro atoms. The molecule has 5 heteroatoms. The van der Waals surface area contributed by atoms with E-state index in [0.29, 0.717) is 17.1 Å². The summed E-state index contributed by atoms with van der Waals surface area (Å²) < 4.78 is 8.69. The molecule has 0 unspecified atom stereocenters. The van der Waals surface area contributed by atoms with Gasteiger partial charge in [-0.05, 0) is 66.3 Å². The lowest BCUT2D eigenvalue weighted by atomic mass is 9.97. The number of aryl methyl sites for hydroxylation is 1. The molecule has 0 aliphatic heterocycles. The zero-order chi connectivity index (χ0) is 26.6. The number of benzene rings is 3. The number of ether oxygens (including phenoxy) is 1. The van der Waals surface area contributed by atoms with Gasteiger partial charge in [-0.15, -0.1) is 0 Å². The summed E-state index contributed by atoms with van der Waals surface area (Å²) in [4.78, 5) is 9.51. The van der Waals surface area contributed by atoms with E-state index in [1.54, 1.807) is 0 Å². The van der Waals surface area contributed by atoms with Crippen molar-refractivity contribution < 1.29 is 9.84 Å².